The predicted octanol–water partition coefficient (Wildman–Crippen LogP) is 7.14. The molecule has 0 aliphatic heterocycles. The van der Waals surface area contributed by atoms with Crippen LogP contribution >= 0.6 is 0 Å². The Hall–Kier alpha value is -1.04. The summed E-state index contributed by atoms with van der Waals surface area (Å²) < 4.78 is 0. The molecule has 0 nitrogen and oxygen atoms in total. The first-order valence-corrected chi connectivity index (χ1v) is 10.5. The second-order valence-corrected chi connectivity index (χ2v) is 10.2. The zero-order valence-corrected chi connectivity index (χ0v) is 18.2. The van der Waals surface area contributed by atoms with Gasteiger partial charge in [-0.15, -0.1) is 0 Å². The van der Waals surface area contributed by atoms with E-state index in [0.717, 1.165) is 12.8 Å². The number of rotatable bonds is 3. The summed E-state index contributed by atoms with van der Waals surface area (Å²) in [5.74, 6) is 8.81. The van der Waals surface area contributed by atoms with Crippen LogP contribution in [0, 0.1) is 72.0 Å². The third kappa shape index (κ3) is 3.61. The lowest BCUT2D eigenvalue weighted by Crippen LogP contribution is -2.26. The van der Waals surface area contributed by atoms with Crippen LogP contribution in [0.4, 0.5) is 0 Å². The predicted molar refractivity (Wildman–Crippen MR) is 119 cm³/mol. The molecule has 144 valence electrons. The molecule has 4 aliphatic carbocycles. The molecule has 28 heavy (non-hydrogen) atoms. The first-order chi connectivity index (χ1) is 13.2. The monoisotopic (exact) mass is 368 g/mol. The molecule has 0 atom stereocenters. The molecule has 4 rings (SSSR count). The van der Waals surface area contributed by atoms with Crippen molar-refractivity contribution in [3.05, 3.63) is 109 Å². The van der Waals surface area contributed by atoms with Gasteiger partial charge in [0.15, 0.2) is 0 Å². The van der Waals surface area contributed by atoms with E-state index >= 15 is 0 Å². The molecule has 0 bridgehead atoms. The summed E-state index contributed by atoms with van der Waals surface area (Å²) in [7, 11) is 0. The van der Waals surface area contributed by atoms with Gasteiger partial charge >= 0.3 is 0 Å². The highest BCUT2D eigenvalue weighted by atomic mass is 14.6. The lowest BCUT2D eigenvalue weighted by atomic mass is 9.66. The molecule has 10 radical (unpaired) electrons. The molecule has 0 heteroatoms. The van der Waals surface area contributed by atoms with E-state index in [2.05, 4.69) is 104 Å². The molecule has 0 aromatic heterocycles. The number of fused-ring (bicyclic) bond motifs is 3. The van der Waals surface area contributed by atoms with E-state index in [1.54, 1.807) is 5.92 Å². The molecule has 0 aromatic carbocycles. The number of hydrogen-bond acceptors (Lipinski definition) is 0. The van der Waals surface area contributed by atoms with Crippen molar-refractivity contribution in [3.8, 4) is 0 Å². The summed E-state index contributed by atoms with van der Waals surface area (Å²) in [5.41, 5.74) is 3.19. The molecule has 4 aliphatic rings. The molecule has 0 N–H and O–H groups in total. The molecular weight excluding hydrogens is 336 g/mol. The van der Waals surface area contributed by atoms with E-state index in [1.807, 2.05) is 0 Å². The highest BCUT2D eigenvalue weighted by Crippen LogP contribution is 2.66. The van der Waals surface area contributed by atoms with Gasteiger partial charge in [0.05, 0.1) is 0 Å². The summed E-state index contributed by atoms with van der Waals surface area (Å²) >= 11 is 0. The van der Waals surface area contributed by atoms with Crippen LogP contribution in [0.2, 0.25) is 0 Å². The van der Waals surface area contributed by atoms with E-state index in [0.29, 0.717) is 0 Å². The smallest absolute Gasteiger partial charge is 0.0212 e. The van der Waals surface area contributed by atoms with E-state index in [1.165, 1.54) is 40.7 Å². The average molecular weight is 369 g/mol. The standard InChI is InChI=1S/C28H32/c1-27(2,3)23-15-9-13-20-21-14-10-16-24(28(4,5)6)26(21)22(25(20)23)18-17-19-11-7-8-12-19/h7-16H,17-18H2,1-6H3. The first kappa shape index (κ1) is 20.2. The van der Waals surface area contributed by atoms with E-state index < -0.39 is 0 Å². The van der Waals surface area contributed by atoms with Crippen LogP contribution in [0.5, 0.6) is 0 Å². The molecule has 2 saturated carbocycles. The van der Waals surface area contributed by atoms with Gasteiger partial charge in [-0.2, -0.15) is 0 Å². The first-order valence-electron chi connectivity index (χ1n) is 10.5. The van der Waals surface area contributed by atoms with Crippen LogP contribution in [0.3, 0.4) is 0 Å². The maximum Gasteiger partial charge on any atom is 0.0212 e. The van der Waals surface area contributed by atoms with Crippen LogP contribution in [-0.4, -0.2) is 0 Å². The van der Waals surface area contributed by atoms with Crippen molar-refractivity contribution in [1.29, 1.82) is 0 Å². The highest BCUT2D eigenvalue weighted by Gasteiger charge is 2.56. The summed E-state index contributed by atoms with van der Waals surface area (Å²) in [6.45, 7) is 14.0. The van der Waals surface area contributed by atoms with E-state index in [4.69, 9.17) is 0 Å². The maximum atomic E-state index is 2.34. The quantitative estimate of drug-likeness (QED) is 0.496. The van der Waals surface area contributed by atoms with Crippen LogP contribution in [0.15, 0.2) is 47.6 Å². The Labute approximate surface area is 174 Å². The fraction of sp³-hybridized carbons (Fsp3) is 0.357. The second-order valence-electron chi connectivity index (χ2n) is 10.2. The minimum Gasteiger partial charge on any atom is -0.0755 e. The van der Waals surface area contributed by atoms with Gasteiger partial charge in [-0.3, -0.25) is 0 Å². The van der Waals surface area contributed by atoms with Gasteiger partial charge in [-0.05, 0) is 55.3 Å². The van der Waals surface area contributed by atoms with Crippen molar-refractivity contribution in [2.24, 2.45) is 10.8 Å². The zero-order chi connectivity index (χ0) is 20.1. The minimum absolute atomic E-state index is 0.126. The topological polar surface area (TPSA) is 0 Å². The largest absolute Gasteiger partial charge is 0.0755 e. The molecular formula is C28H32. The van der Waals surface area contributed by atoms with Crippen LogP contribution < -0.4 is 0 Å². The lowest BCUT2D eigenvalue weighted by molar-refractivity contribution is 0.485. The van der Waals surface area contributed by atoms with Gasteiger partial charge < -0.3 is 0 Å². The molecule has 2 fully saturated rings. The van der Waals surface area contributed by atoms with Crippen LogP contribution in [0.25, 0.3) is 0 Å². The molecule has 0 spiro atoms. The fourth-order valence-corrected chi connectivity index (χ4v) is 4.68. The Bertz CT molecular complexity index is 641. The van der Waals surface area contributed by atoms with Gasteiger partial charge in [-0.25, -0.2) is 0 Å². The fourth-order valence-electron chi connectivity index (χ4n) is 4.68. The molecule has 0 unspecified atom stereocenters. The average Bonchev–Trinajstić information content (AvgIpc) is 3.23. The van der Waals surface area contributed by atoms with Gasteiger partial charge in [0.25, 0.3) is 0 Å². The van der Waals surface area contributed by atoms with Gasteiger partial charge in [0.2, 0.25) is 0 Å². The molecule has 0 aromatic rings. The van der Waals surface area contributed by atoms with Crippen molar-refractivity contribution < 1.29 is 0 Å². The second kappa shape index (κ2) is 7.33. The van der Waals surface area contributed by atoms with Crippen LogP contribution in [-0.2, 0) is 0 Å². The Morgan fingerprint density at radius 2 is 1.11 bits per heavy atom. The Morgan fingerprint density at radius 3 is 1.54 bits per heavy atom. The van der Waals surface area contributed by atoms with Gasteiger partial charge in [0.1, 0.15) is 0 Å². The van der Waals surface area contributed by atoms with Crippen molar-refractivity contribution >= 4 is 0 Å². The van der Waals surface area contributed by atoms with Gasteiger partial charge in [-0.1, -0.05) is 89.1 Å². The SMILES string of the molecule is CC(C)(C)C1=CC=C[C]2[C]3C=CC=C(C(C)(C)C)[C]3[C](CC[C]3[CH][CH][CH][CH]3)[C]21. The normalized spacial score (nSPS) is 25.9. The summed E-state index contributed by atoms with van der Waals surface area (Å²) in [6, 6.07) is 0. The number of hydrogen-bond donors (Lipinski definition) is 0. The zero-order valence-electron chi connectivity index (χ0n) is 18.2. The Balaban J connectivity index is 1.70. The molecule has 0 heterocycles. The van der Waals surface area contributed by atoms with E-state index in [9.17, 15) is 0 Å². The third-order valence-electron chi connectivity index (χ3n) is 6.03. The summed E-state index contributed by atoms with van der Waals surface area (Å²) in [5, 5.41) is 0. The third-order valence-corrected chi connectivity index (χ3v) is 6.03. The molecule has 0 amide bonds. The van der Waals surface area contributed by atoms with Crippen molar-refractivity contribution in [1.82, 2.24) is 0 Å². The summed E-state index contributed by atoms with van der Waals surface area (Å²) in [4.78, 5) is 0. The number of allylic oxidation sites excluding steroid dienone is 8. The van der Waals surface area contributed by atoms with Crippen molar-refractivity contribution in [2.45, 2.75) is 54.4 Å². The maximum absolute atomic E-state index is 2.34. The lowest BCUT2D eigenvalue weighted by Gasteiger charge is -2.37. The molecule has 0 saturated heterocycles. The Morgan fingerprint density at radius 1 is 0.643 bits per heavy atom. The van der Waals surface area contributed by atoms with Crippen molar-refractivity contribution in [2.75, 3.05) is 0 Å². The Kier molecular flexibility index (Phi) is 5.30. The van der Waals surface area contributed by atoms with Crippen LogP contribution in [0.1, 0.15) is 54.4 Å². The highest BCUT2D eigenvalue weighted by molar-refractivity contribution is 5.81. The van der Waals surface area contributed by atoms with E-state index in [-0.39, 0.29) is 10.8 Å². The van der Waals surface area contributed by atoms with Crippen molar-refractivity contribution in [3.63, 3.8) is 0 Å². The minimum atomic E-state index is 0.126. The van der Waals surface area contributed by atoms with Gasteiger partial charge in [0, 0.05) is 29.6 Å². The summed E-state index contributed by atoms with van der Waals surface area (Å²) in [6.07, 6.45) is 24.8.